The molecule has 5 rings (SSSR count). The molecule has 1 amide bonds. The molecular formula is C29H29N3O5S2. The Balaban J connectivity index is 1.49. The Morgan fingerprint density at radius 3 is 2.54 bits per heavy atom. The molecule has 0 fully saturated rings. The first-order chi connectivity index (χ1) is 18.6. The number of ether oxygens (including phenoxy) is 2. The molecule has 1 aliphatic rings. The van der Waals surface area contributed by atoms with Crippen molar-refractivity contribution in [2.75, 3.05) is 17.7 Å². The number of carbonyl (C=O) groups is 2. The van der Waals surface area contributed by atoms with E-state index in [0.717, 1.165) is 10.4 Å². The fourth-order valence-corrected chi connectivity index (χ4v) is 6.43. The summed E-state index contributed by atoms with van der Waals surface area (Å²) in [5, 5.41) is 3.88. The van der Waals surface area contributed by atoms with Crippen molar-refractivity contribution in [1.82, 2.24) is 9.55 Å². The number of hydrogen-bond acceptors (Lipinski definition) is 8. The third kappa shape index (κ3) is 5.78. The Hall–Kier alpha value is -3.47. The number of ketones is 1. The van der Waals surface area contributed by atoms with Crippen molar-refractivity contribution in [1.29, 1.82) is 0 Å². The van der Waals surface area contributed by atoms with Crippen LogP contribution in [0.2, 0.25) is 0 Å². The van der Waals surface area contributed by atoms with Crippen molar-refractivity contribution in [3.8, 4) is 11.4 Å². The first-order valence-electron chi connectivity index (χ1n) is 12.6. The number of benzene rings is 2. The first kappa shape index (κ1) is 27.1. The number of thioether (sulfide) groups is 1. The van der Waals surface area contributed by atoms with Gasteiger partial charge in [-0.15, -0.1) is 11.3 Å². The number of rotatable bonds is 8. The van der Waals surface area contributed by atoms with Gasteiger partial charge >= 0.3 is 0 Å². The van der Waals surface area contributed by atoms with Gasteiger partial charge in [0, 0.05) is 22.5 Å². The van der Waals surface area contributed by atoms with E-state index in [0.29, 0.717) is 57.7 Å². The van der Waals surface area contributed by atoms with Crippen LogP contribution in [0.15, 0.2) is 58.5 Å². The van der Waals surface area contributed by atoms with Crippen LogP contribution in [-0.2, 0) is 22.6 Å². The van der Waals surface area contributed by atoms with Gasteiger partial charge in [-0.2, -0.15) is 0 Å². The molecule has 0 spiro atoms. The molecule has 8 nitrogen and oxygen atoms in total. The van der Waals surface area contributed by atoms with Crippen LogP contribution < -0.4 is 15.6 Å². The summed E-state index contributed by atoms with van der Waals surface area (Å²) in [6, 6.07) is 14.0. The molecule has 0 unspecified atom stereocenters. The van der Waals surface area contributed by atoms with Crippen LogP contribution in [0, 0.1) is 0 Å². The van der Waals surface area contributed by atoms with Crippen molar-refractivity contribution in [3.63, 3.8) is 0 Å². The van der Waals surface area contributed by atoms with Crippen LogP contribution in [0.4, 0.5) is 5.69 Å². The lowest BCUT2D eigenvalue weighted by Gasteiger charge is -2.29. The van der Waals surface area contributed by atoms with E-state index in [1.807, 2.05) is 45.0 Å². The number of Topliss-reactive ketones (excluding diaryl/α,β-unsaturated/α-hetero) is 1. The second-order valence-corrected chi connectivity index (χ2v) is 11.9. The fraction of sp³-hybridized carbons (Fsp3) is 0.310. The van der Waals surface area contributed by atoms with Gasteiger partial charge in [0.05, 0.1) is 35.6 Å². The molecule has 0 saturated carbocycles. The van der Waals surface area contributed by atoms with E-state index in [1.54, 1.807) is 28.8 Å². The number of nitrogens with zero attached hydrogens (tertiary/aromatic N) is 2. The third-order valence-electron chi connectivity index (χ3n) is 6.39. The number of fused-ring (bicyclic) bond motifs is 3. The van der Waals surface area contributed by atoms with Crippen molar-refractivity contribution >= 4 is 50.7 Å². The van der Waals surface area contributed by atoms with Crippen LogP contribution in [0.5, 0.6) is 5.75 Å². The fourth-order valence-electron chi connectivity index (χ4n) is 4.47. The van der Waals surface area contributed by atoms with Gasteiger partial charge in [-0.3, -0.25) is 19.0 Å². The van der Waals surface area contributed by atoms with Crippen LogP contribution in [0.1, 0.15) is 48.5 Å². The minimum atomic E-state index is -0.370. The second kappa shape index (κ2) is 11.0. The second-order valence-electron chi connectivity index (χ2n) is 9.84. The lowest BCUT2D eigenvalue weighted by Crippen LogP contribution is -2.32. The molecule has 0 bridgehead atoms. The van der Waals surface area contributed by atoms with Crippen LogP contribution in [0.3, 0.4) is 0 Å². The summed E-state index contributed by atoms with van der Waals surface area (Å²) < 4.78 is 13.1. The lowest BCUT2D eigenvalue weighted by atomic mass is 9.94. The SMILES string of the molecule is CCOc1ccc(-n2c(SCC(=O)Nc3ccc(C(C)=O)cc3)nc3sc4c(c3c2=O)CC(C)(C)OC4)cc1. The molecule has 1 aliphatic heterocycles. The number of hydrogen-bond donors (Lipinski definition) is 1. The largest absolute Gasteiger partial charge is 0.494 e. The smallest absolute Gasteiger partial charge is 0.267 e. The van der Waals surface area contributed by atoms with Gasteiger partial charge in [0.15, 0.2) is 10.9 Å². The van der Waals surface area contributed by atoms with Crippen molar-refractivity contribution in [2.45, 2.75) is 51.5 Å². The molecule has 1 N–H and O–H groups in total. The number of anilines is 1. The molecule has 0 atom stereocenters. The molecule has 0 aliphatic carbocycles. The normalized spacial score (nSPS) is 14.2. The van der Waals surface area contributed by atoms with E-state index >= 15 is 0 Å². The van der Waals surface area contributed by atoms with Gasteiger partial charge in [-0.25, -0.2) is 4.98 Å². The molecule has 2 aromatic carbocycles. The molecule has 3 heterocycles. The summed E-state index contributed by atoms with van der Waals surface area (Å²) >= 11 is 2.67. The zero-order valence-electron chi connectivity index (χ0n) is 22.2. The maximum absolute atomic E-state index is 14.0. The van der Waals surface area contributed by atoms with E-state index in [9.17, 15) is 14.4 Å². The molecule has 0 radical (unpaired) electrons. The maximum Gasteiger partial charge on any atom is 0.267 e. The van der Waals surface area contributed by atoms with Gasteiger partial charge in [0.1, 0.15) is 10.6 Å². The Morgan fingerprint density at radius 1 is 1.15 bits per heavy atom. The highest BCUT2D eigenvalue weighted by atomic mass is 32.2. The average molecular weight is 564 g/mol. The molecule has 202 valence electrons. The molecular weight excluding hydrogens is 534 g/mol. The maximum atomic E-state index is 14.0. The number of thiophene rings is 1. The van der Waals surface area contributed by atoms with Crippen LogP contribution in [0.25, 0.3) is 15.9 Å². The molecule has 0 saturated heterocycles. The first-order valence-corrected chi connectivity index (χ1v) is 14.4. The summed E-state index contributed by atoms with van der Waals surface area (Å²) in [6.45, 7) is 8.44. The Morgan fingerprint density at radius 2 is 1.87 bits per heavy atom. The van der Waals surface area contributed by atoms with Crippen LogP contribution >= 0.6 is 23.1 Å². The zero-order valence-corrected chi connectivity index (χ0v) is 23.8. The van der Waals surface area contributed by atoms with E-state index in [1.165, 1.54) is 30.0 Å². The Kier molecular flexibility index (Phi) is 7.61. The van der Waals surface area contributed by atoms with Crippen molar-refractivity contribution in [3.05, 3.63) is 74.9 Å². The molecule has 4 aromatic rings. The van der Waals surface area contributed by atoms with E-state index in [-0.39, 0.29) is 28.6 Å². The number of carbonyl (C=O) groups excluding carboxylic acids is 2. The summed E-state index contributed by atoms with van der Waals surface area (Å²) in [5.74, 6) is 0.468. The highest BCUT2D eigenvalue weighted by Crippen LogP contribution is 2.38. The highest BCUT2D eigenvalue weighted by molar-refractivity contribution is 7.99. The minimum Gasteiger partial charge on any atom is -0.494 e. The number of aromatic nitrogens is 2. The standard InChI is InChI=1S/C29H29N3O5S2/c1-5-36-21-12-10-20(11-13-21)32-27(35)25-22-14-29(3,4)37-15-23(22)39-26(25)31-28(32)38-16-24(34)30-19-8-6-18(7-9-19)17(2)33/h6-13H,5,14-16H2,1-4H3,(H,30,34). The summed E-state index contributed by atoms with van der Waals surface area (Å²) in [4.78, 5) is 44.9. The molecule has 2 aromatic heterocycles. The van der Waals surface area contributed by atoms with Gasteiger partial charge < -0.3 is 14.8 Å². The van der Waals surface area contributed by atoms with Gasteiger partial charge in [0.25, 0.3) is 5.56 Å². The number of nitrogens with one attached hydrogen (secondary N) is 1. The summed E-state index contributed by atoms with van der Waals surface area (Å²) in [7, 11) is 0. The topological polar surface area (TPSA) is 99.5 Å². The predicted octanol–water partition coefficient (Wildman–Crippen LogP) is 5.63. The van der Waals surface area contributed by atoms with Crippen LogP contribution in [-0.4, -0.2) is 39.2 Å². The summed E-state index contributed by atoms with van der Waals surface area (Å²) in [6.07, 6.45) is 0.625. The Bertz CT molecular complexity index is 1610. The van der Waals surface area contributed by atoms with Gasteiger partial charge in [-0.1, -0.05) is 11.8 Å². The monoisotopic (exact) mass is 563 g/mol. The summed E-state index contributed by atoms with van der Waals surface area (Å²) in [5.41, 5.74) is 2.27. The zero-order chi connectivity index (χ0) is 27.7. The van der Waals surface area contributed by atoms with E-state index in [2.05, 4.69) is 5.32 Å². The average Bonchev–Trinajstić information content (AvgIpc) is 3.25. The quantitative estimate of drug-likeness (QED) is 0.168. The molecule has 10 heteroatoms. The number of amides is 1. The Labute approximate surface area is 234 Å². The molecule has 39 heavy (non-hydrogen) atoms. The highest BCUT2D eigenvalue weighted by Gasteiger charge is 2.31. The third-order valence-corrected chi connectivity index (χ3v) is 8.43. The minimum absolute atomic E-state index is 0.0393. The van der Waals surface area contributed by atoms with Crippen molar-refractivity contribution < 1.29 is 19.1 Å². The predicted molar refractivity (Wildman–Crippen MR) is 155 cm³/mol. The lowest BCUT2D eigenvalue weighted by molar-refractivity contribution is -0.113. The van der Waals surface area contributed by atoms with Gasteiger partial charge in [-0.05, 0) is 81.8 Å². The van der Waals surface area contributed by atoms with E-state index < -0.39 is 0 Å². The van der Waals surface area contributed by atoms with Gasteiger partial charge in [0.2, 0.25) is 5.91 Å². The van der Waals surface area contributed by atoms with Crippen molar-refractivity contribution in [2.24, 2.45) is 0 Å². The van der Waals surface area contributed by atoms with E-state index in [4.69, 9.17) is 14.5 Å².